The van der Waals surface area contributed by atoms with Gasteiger partial charge in [-0.2, -0.15) is 5.26 Å². The van der Waals surface area contributed by atoms with Gasteiger partial charge in [-0.3, -0.25) is 10.1 Å². The second-order valence-electron chi connectivity index (χ2n) is 4.62. The van der Waals surface area contributed by atoms with Gasteiger partial charge < -0.3 is 9.47 Å². The summed E-state index contributed by atoms with van der Waals surface area (Å²) in [7, 11) is 1.38. The number of hydrogen-bond acceptors (Lipinski definition) is 6. The molecule has 2 rings (SSSR count). The molecule has 0 spiro atoms. The van der Waals surface area contributed by atoms with Gasteiger partial charge >= 0.3 is 5.97 Å². The molecular formula is C16H12N2O5. The molecule has 0 atom stereocenters. The Hall–Kier alpha value is -3.40. The van der Waals surface area contributed by atoms with Gasteiger partial charge in [0.1, 0.15) is 0 Å². The summed E-state index contributed by atoms with van der Waals surface area (Å²) < 4.78 is 10.3. The van der Waals surface area contributed by atoms with E-state index >= 15 is 0 Å². The Morgan fingerprint density at radius 2 is 1.96 bits per heavy atom. The highest BCUT2D eigenvalue weighted by atomic mass is 16.6. The second-order valence-corrected chi connectivity index (χ2v) is 4.62. The first-order chi connectivity index (χ1) is 11.0. The number of esters is 1. The zero-order valence-electron chi connectivity index (χ0n) is 12.4. The third kappa shape index (κ3) is 3.44. The highest BCUT2D eigenvalue weighted by molar-refractivity contribution is 5.93. The fourth-order valence-electron chi connectivity index (χ4n) is 1.92. The largest absolute Gasteiger partial charge is 0.493 e. The maximum absolute atomic E-state index is 12.3. The van der Waals surface area contributed by atoms with Gasteiger partial charge in [0.2, 0.25) is 0 Å². The van der Waals surface area contributed by atoms with E-state index in [1.54, 1.807) is 6.92 Å². The van der Waals surface area contributed by atoms with Crippen LogP contribution >= 0.6 is 0 Å². The van der Waals surface area contributed by atoms with Crippen molar-refractivity contribution in [3.05, 3.63) is 63.2 Å². The maximum Gasteiger partial charge on any atom is 0.344 e. The van der Waals surface area contributed by atoms with Gasteiger partial charge in [0.05, 0.1) is 29.2 Å². The van der Waals surface area contributed by atoms with Crippen LogP contribution in [0.4, 0.5) is 5.69 Å². The number of carbonyl (C=O) groups is 1. The fourth-order valence-corrected chi connectivity index (χ4v) is 1.92. The molecular weight excluding hydrogens is 300 g/mol. The highest BCUT2D eigenvalue weighted by Gasteiger charge is 2.18. The average Bonchev–Trinajstić information content (AvgIpc) is 2.55. The summed E-state index contributed by atoms with van der Waals surface area (Å²) in [5, 5.41) is 19.7. The summed E-state index contributed by atoms with van der Waals surface area (Å²) in [6.45, 7) is 1.65. The van der Waals surface area contributed by atoms with Crippen LogP contribution in [0.25, 0.3) is 0 Å². The number of carbonyl (C=O) groups excluding carboxylic acids is 1. The molecule has 0 aliphatic heterocycles. The molecule has 7 heteroatoms. The van der Waals surface area contributed by atoms with Crippen molar-refractivity contribution in [3.63, 3.8) is 0 Å². The van der Waals surface area contributed by atoms with Crippen molar-refractivity contribution in [1.82, 2.24) is 0 Å². The Labute approximate surface area is 131 Å². The first-order valence-corrected chi connectivity index (χ1v) is 6.51. The predicted octanol–water partition coefficient (Wildman–Crippen LogP) is 3.00. The molecule has 0 unspecified atom stereocenters. The second kappa shape index (κ2) is 6.58. The van der Waals surface area contributed by atoms with Crippen molar-refractivity contribution < 1.29 is 19.2 Å². The lowest BCUT2D eigenvalue weighted by Gasteiger charge is -2.10. The van der Waals surface area contributed by atoms with Crippen LogP contribution in [0.2, 0.25) is 0 Å². The lowest BCUT2D eigenvalue weighted by Crippen LogP contribution is -2.11. The summed E-state index contributed by atoms with van der Waals surface area (Å²) >= 11 is 0. The van der Waals surface area contributed by atoms with E-state index in [4.69, 9.17) is 14.7 Å². The molecule has 0 bridgehead atoms. The predicted molar refractivity (Wildman–Crippen MR) is 80.5 cm³/mol. The van der Waals surface area contributed by atoms with Crippen molar-refractivity contribution in [2.75, 3.05) is 7.11 Å². The molecule has 23 heavy (non-hydrogen) atoms. The summed E-state index contributed by atoms with van der Waals surface area (Å²) in [6, 6.07) is 10.2. The number of hydrogen-bond donors (Lipinski definition) is 0. The van der Waals surface area contributed by atoms with Crippen LogP contribution in [-0.4, -0.2) is 18.0 Å². The Bertz CT molecular complexity index is 824. The molecule has 0 aromatic heterocycles. The number of nitro benzene ring substituents is 1. The summed E-state index contributed by atoms with van der Waals surface area (Å²) in [6.07, 6.45) is 0. The van der Waals surface area contributed by atoms with Gasteiger partial charge in [-0.15, -0.1) is 0 Å². The van der Waals surface area contributed by atoms with Crippen LogP contribution in [0.5, 0.6) is 11.5 Å². The van der Waals surface area contributed by atoms with Gasteiger partial charge in [0.25, 0.3) is 5.69 Å². The van der Waals surface area contributed by atoms with Gasteiger partial charge in [0.15, 0.2) is 11.5 Å². The zero-order chi connectivity index (χ0) is 17.0. The minimum Gasteiger partial charge on any atom is -0.493 e. The van der Waals surface area contributed by atoms with Crippen LogP contribution in [0.3, 0.4) is 0 Å². The lowest BCUT2D eigenvalue weighted by atomic mass is 10.1. The number of methoxy groups -OCH3 is 1. The number of nitriles is 1. The molecule has 2 aromatic carbocycles. The van der Waals surface area contributed by atoms with Crippen molar-refractivity contribution in [1.29, 1.82) is 5.26 Å². The van der Waals surface area contributed by atoms with E-state index in [0.29, 0.717) is 11.1 Å². The van der Waals surface area contributed by atoms with Gasteiger partial charge in [-0.25, -0.2) is 4.79 Å². The molecule has 0 saturated carbocycles. The third-order valence-corrected chi connectivity index (χ3v) is 3.15. The quantitative estimate of drug-likeness (QED) is 0.372. The van der Waals surface area contributed by atoms with Gasteiger partial charge in [-0.05, 0) is 24.6 Å². The smallest absolute Gasteiger partial charge is 0.344 e. The third-order valence-electron chi connectivity index (χ3n) is 3.15. The van der Waals surface area contributed by atoms with Crippen molar-refractivity contribution >= 4 is 11.7 Å². The Balaban J connectivity index is 2.35. The molecule has 0 amide bonds. The van der Waals surface area contributed by atoms with E-state index in [-0.39, 0.29) is 22.7 Å². The number of non-ortho nitro benzene ring substituents is 1. The van der Waals surface area contributed by atoms with E-state index in [0.717, 1.165) is 6.07 Å². The van der Waals surface area contributed by atoms with E-state index < -0.39 is 10.9 Å². The zero-order valence-corrected chi connectivity index (χ0v) is 12.4. The van der Waals surface area contributed by atoms with Crippen LogP contribution in [0.1, 0.15) is 21.5 Å². The molecule has 0 fully saturated rings. The van der Waals surface area contributed by atoms with E-state index in [2.05, 4.69) is 0 Å². The summed E-state index contributed by atoms with van der Waals surface area (Å²) in [5.41, 5.74) is 0.793. The summed E-state index contributed by atoms with van der Waals surface area (Å²) in [4.78, 5) is 22.5. The minimum atomic E-state index is -0.741. The molecule has 2 aromatic rings. The number of rotatable bonds is 4. The monoisotopic (exact) mass is 312 g/mol. The normalized spacial score (nSPS) is 9.78. The number of nitro groups is 1. The number of benzene rings is 2. The van der Waals surface area contributed by atoms with Crippen LogP contribution in [0, 0.1) is 28.4 Å². The number of nitrogens with zero attached hydrogens (tertiary/aromatic N) is 2. The Morgan fingerprint density at radius 3 is 2.57 bits per heavy atom. The minimum absolute atomic E-state index is 0.0885. The maximum atomic E-state index is 12.3. The lowest BCUT2D eigenvalue weighted by molar-refractivity contribution is -0.384. The Morgan fingerprint density at radius 1 is 1.22 bits per heavy atom. The number of aryl methyl sites for hydroxylation is 1. The van der Waals surface area contributed by atoms with Crippen molar-refractivity contribution in [2.45, 2.75) is 6.92 Å². The van der Waals surface area contributed by atoms with Crippen LogP contribution in [0.15, 0.2) is 36.4 Å². The summed E-state index contributed by atoms with van der Waals surface area (Å²) in [5.74, 6) is -0.392. The van der Waals surface area contributed by atoms with Gasteiger partial charge in [0, 0.05) is 18.2 Å². The van der Waals surface area contributed by atoms with E-state index in [1.807, 2.05) is 6.07 Å². The molecule has 0 saturated heterocycles. The molecule has 0 N–H and O–H groups in total. The first-order valence-electron chi connectivity index (χ1n) is 6.51. The van der Waals surface area contributed by atoms with E-state index in [9.17, 15) is 14.9 Å². The van der Waals surface area contributed by atoms with Gasteiger partial charge in [-0.1, -0.05) is 6.07 Å². The van der Waals surface area contributed by atoms with Crippen LogP contribution < -0.4 is 9.47 Å². The molecule has 116 valence electrons. The van der Waals surface area contributed by atoms with E-state index in [1.165, 1.54) is 37.4 Å². The topological polar surface area (TPSA) is 102 Å². The average molecular weight is 312 g/mol. The molecule has 0 heterocycles. The van der Waals surface area contributed by atoms with Crippen molar-refractivity contribution in [2.24, 2.45) is 0 Å². The SMILES string of the molecule is COc1cc(C#N)ccc1OC(=O)c1cc([N+](=O)[O-])ccc1C. The highest BCUT2D eigenvalue weighted by Crippen LogP contribution is 2.29. The molecule has 0 aliphatic rings. The van der Waals surface area contributed by atoms with Crippen LogP contribution in [-0.2, 0) is 0 Å². The molecule has 7 nitrogen and oxygen atoms in total. The Kier molecular flexibility index (Phi) is 4.57. The molecule has 0 aliphatic carbocycles. The number of ether oxygens (including phenoxy) is 2. The van der Waals surface area contributed by atoms with Crippen molar-refractivity contribution in [3.8, 4) is 17.6 Å². The fraction of sp³-hybridized carbons (Fsp3) is 0.125. The first kappa shape index (κ1) is 16.0. The molecule has 0 radical (unpaired) electrons. The standard InChI is InChI=1S/C16H12N2O5/c1-10-3-5-12(18(20)21)8-13(10)16(19)23-14-6-4-11(9-17)7-15(14)22-2/h3-8H,1-2H3.